The number of hydrogen-bond acceptors (Lipinski definition) is 4. The number of halogens is 4. The van der Waals surface area contributed by atoms with Crippen LogP contribution >= 0.6 is 0 Å². The SMILES string of the molecule is CC(c1ccc(F)cc1C(F)(F)F)N1C[C@H](C)N(c2cc(=O)n(C)c3cn[nH]c23)C[C@H]1C. The summed E-state index contributed by atoms with van der Waals surface area (Å²) in [7, 11) is 1.68. The number of anilines is 1. The zero-order valence-electron chi connectivity index (χ0n) is 18.2. The average molecular weight is 451 g/mol. The van der Waals surface area contributed by atoms with E-state index in [-0.39, 0.29) is 23.2 Å². The van der Waals surface area contributed by atoms with Gasteiger partial charge in [-0.3, -0.25) is 14.8 Å². The van der Waals surface area contributed by atoms with Crippen LogP contribution in [0.4, 0.5) is 23.2 Å². The third-order valence-electron chi connectivity index (χ3n) is 6.44. The van der Waals surface area contributed by atoms with Crippen LogP contribution in [0.3, 0.4) is 0 Å². The first-order valence-corrected chi connectivity index (χ1v) is 10.4. The highest BCUT2D eigenvalue weighted by atomic mass is 19.4. The Hall–Kier alpha value is -2.88. The molecule has 0 spiro atoms. The third-order valence-corrected chi connectivity index (χ3v) is 6.44. The minimum atomic E-state index is -4.64. The molecule has 0 saturated carbocycles. The number of rotatable bonds is 3. The minimum Gasteiger partial charge on any atom is -0.364 e. The lowest BCUT2D eigenvalue weighted by Crippen LogP contribution is -2.57. The number of nitrogens with zero attached hydrogens (tertiary/aromatic N) is 4. The lowest BCUT2D eigenvalue weighted by molar-refractivity contribution is -0.139. The quantitative estimate of drug-likeness (QED) is 0.610. The molecule has 2 aromatic heterocycles. The highest BCUT2D eigenvalue weighted by Gasteiger charge is 2.39. The molecule has 3 heterocycles. The van der Waals surface area contributed by atoms with E-state index in [1.54, 1.807) is 26.2 Å². The summed E-state index contributed by atoms with van der Waals surface area (Å²) in [5, 5.41) is 7.02. The van der Waals surface area contributed by atoms with Gasteiger partial charge in [-0.2, -0.15) is 18.3 Å². The van der Waals surface area contributed by atoms with Gasteiger partial charge >= 0.3 is 6.18 Å². The normalized spacial score (nSPS) is 21.3. The van der Waals surface area contributed by atoms with Crippen molar-refractivity contribution in [3.8, 4) is 0 Å². The number of aryl methyl sites for hydroxylation is 1. The molecule has 0 amide bonds. The molecule has 4 rings (SSSR count). The molecule has 32 heavy (non-hydrogen) atoms. The molecule has 0 aliphatic carbocycles. The Balaban J connectivity index is 1.66. The summed E-state index contributed by atoms with van der Waals surface area (Å²) in [5.74, 6) is -0.909. The summed E-state index contributed by atoms with van der Waals surface area (Å²) >= 11 is 0. The Kier molecular flexibility index (Phi) is 5.52. The summed E-state index contributed by atoms with van der Waals surface area (Å²) in [6, 6.07) is 3.65. The first-order valence-electron chi connectivity index (χ1n) is 10.4. The number of hydrogen-bond donors (Lipinski definition) is 1. The molecule has 1 aliphatic rings. The molecule has 1 aromatic carbocycles. The Bertz CT molecular complexity index is 1200. The highest BCUT2D eigenvalue weighted by molar-refractivity contribution is 5.88. The molecule has 1 saturated heterocycles. The Labute approximate surface area is 182 Å². The van der Waals surface area contributed by atoms with Crippen molar-refractivity contribution in [2.24, 2.45) is 7.05 Å². The van der Waals surface area contributed by atoms with E-state index < -0.39 is 23.6 Å². The smallest absolute Gasteiger partial charge is 0.364 e. The van der Waals surface area contributed by atoms with Gasteiger partial charge in [-0.15, -0.1) is 0 Å². The number of benzene rings is 1. The van der Waals surface area contributed by atoms with Crippen LogP contribution in [0.15, 0.2) is 35.3 Å². The van der Waals surface area contributed by atoms with Crippen molar-refractivity contribution in [2.45, 2.75) is 45.1 Å². The van der Waals surface area contributed by atoms with Gasteiger partial charge in [-0.1, -0.05) is 6.07 Å². The van der Waals surface area contributed by atoms with Gasteiger partial charge in [-0.05, 0) is 38.5 Å². The van der Waals surface area contributed by atoms with Crippen molar-refractivity contribution in [1.82, 2.24) is 19.7 Å². The fraction of sp³-hybridized carbons (Fsp3) is 0.455. The monoisotopic (exact) mass is 451 g/mol. The molecular formula is C22H25F4N5O. The zero-order chi connectivity index (χ0) is 23.4. The summed E-state index contributed by atoms with van der Waals surface area (Å²) in [6.07, 6.45) is -3.04. The number of fused-ring (bicyclic) bond motifs is 1. The summed E-state index contributed by atoms with van der Waals surface area (Å²) in [4.78, 5) is 16.5. The number of aromatic amines is 1. The molecule has 1 aliphatic heterocycles. The van der Waals surface area contributed by atoms with Crippen LogP contribution in [0.25, 0.3) is 11.0 Å². The summed E-state index contributed by atoms with van der Waals surface area (Å²) in [6.45, 7) is 6.61. The van der Waals surface area contributed by atoms with Crippen molar-refractivity contribution in [3.63, 3.8) is 0 Å². The van der Waals surface area contributed by atoms with Gasteiger partial charge in [-0.25, -0.2) is 4.39 Å². The number of alkyl halides is 3. The predicted molar refractivity (Wildman–Crippen MR) is 114 cm³/mol. The second-order valence-corrected chi connectivity index (χ2v) is 8.51. The van der Waals surface area contributed by atoms with Gasteiger partial charge in [0.15, 0.2) is 0 Å². The molecule has 0 radical (unpaired) electrons. The number of nitrogens with one attached hydrogen (secondary N) is 1. The van der Waals surface area contributed by atoms with E-state index in [1.165, 1.54) is 10.6 Å². The lowest BCUT2D eigenvalue weighted by Gasteiger charge is -2.48. The molecule has 6 nitrogen and oxygen atoms in total. The van der Waals surface area contributed by atoms with Crippen molar-refractivity contribution in [1.29, 1.82) is 0 Å². The van der Waals surface area contributed by atoms with Crippen LogP contribution in [0.1, 0.15) is 37.9 Å². The number of piperazine rings is 1. The fourth-order valence-corrected chi connectivity index (χ4v) is 4.70. The summed E-state index contributed by atoms with van der Waals surface area (Å²) in [5.41, 5.74) is 1.10. The highest BCUT2D eigenvalue weighted by Crippen LogP contribution is 2.39. The first-order chi connectivity index (χ1) is 15.0. The van der Waals surface area contributed by atoms with Crippen LogP contribution in [0.5, 0.6) is 0 Å². The van der Waals surface area contributed by atoms with E-state index in [9.17, 15) is 22.4 Å². The Morgan fingerprint density at radius 2 is 1.88 bits per heavy atom. The fourth-order valence-electron chi connectivity index (χ4n) is 4.70. The molecule has 10 heteroatoms. The molecule has 172 valence electrons. The van der Waals surface area contributed by atoms with E-state index >= 15 is 0 Å². The van der Waals surface area contributed by atoms with Crippen LogP contribution in [-0.4, -0.2) is 44.8 Å². The van der Waals surface area contributed by atoms with Crippen molar-refractivity contribution in [2.75, 3.05) is 18.0 Å². The van der Waals surface area contributed by atoms with Crippen LogP contribution in [-0.2, 0) is 13.2 Å². The van der Waals surface area contributed by atoms with Crippen LogP contribution in [0, 0.1) is 5.82 Å². The second kappa shape index (κ2) is 7.91. The van der Waals surface area contributed by atoms with Gasteiger partial charge < -0.3 is 9.47 Å². The average Bonchev–Trinajstić information content (AvgIpc) is 3.21. The molecule has 1 fully saturated rings. The van der Waals surface area contributed by atoms with Gasteiger partial charge in [0, 0.05) is 44.3 Å². The minimum absolute atomic E-state index is 0.0518. The van der Waals surface area contributed by atoms with Crippen LogP contribution in [0.2, 0.25) is 0 Å². The maximum atomic E-state index is 13.6. The first kappa shape index (κ1) is 22.3. The summed E-state index contributed by atoms with van der Waals surface area (Å²) < 4.78 is 55.8. The van der Waals surface area contributed by atoms with Gasteiger partial charge in [0.1, 0.15) is 11.3 Å². The van der Waals surface area contributed by atoms with Crippen LogP contribution < -0.4 is 10.5 Å². The van der Waals surface area contributed by atoms with Crippen molar-refractivity contribution in [3.05, 3.63) is 57.8 Å². The van der Waals surface area contributed by atoms with E-state index in [2.05, 4.69) is 15.1 Å². The number of H-pyrrole nitrogens is 1. The van der Waals surface area contributed by atoms with Gasteiger partial charge in [0.05, 0.1) is 23.0 Å². The van der Waals surface area contributed by atoms with Gasteiger partial charge in [0.2, 0.25) is 0 Å². The molecular weight excluding hydrogens is 426 g/mol. The molecule has 1 unspecified atom stereocenters. The molecule has 0 bridgehead atoms. The topological polar surface area (TPSA) is 57.2 Å². The van der Waals surface area contributed by atoms with E-state index in [0.29, 0.717) is 24.7 Å². The standard InChI is InChI=1S/C22H25F4N5O/c1-12-11-31(18-8-20(32)29(4)19-9-27-28-21(18)19)13(2)10-30(12)14(3)16-6-5-15(23)7-17(16)22(24,25)26/h5-9,12-14H,10-11H2,1-4H3,(H,27,28)/t12-,13+,14?/m1/s1. The van der Waals surface area contributed by atoms with Crippen molar-refractivity contribution < 1.29 is 17.6 Å². The van der Waals surface area contributed by atoms with E-state index in [0.717, 1.165) is 17.3 Å². The second-order valence-electron chi connectivity index (χ2n) is 8.51. The zero-order valence-corrected chi connectivity index (χ0v) is 18.2. The Morgan fingerprint density at radius 3 is 2.56 bits per heavy atom. The van der Waals surface area contributed by atoms with Gasteiger partial charge in [0.25, 0.3) is 5.56 Å². The maximum absolute atomic E-state index is 13.6. The van der Waals surface area contributed by atoms with E-state index in [1.807, 2.05) is 18.7 Å². The molecule has 3 atom stereocenters. The number of aromatic nitrogens is 3. The van der Waals surface area contributed by atoms with E-state index in [4.69, 9.17) is 0 Å². The van der Waals surface area contributed by atoms with Crippen molar-refractivity contribution >= 4 is 16.7 Å². The lowest BCUT2D eigenvalue weighted by atomic mass is 9.96. The maximum Gasteiger partial charge on any atom is 0.416 e. The third kappa shape index (κ3) is 3.76. The largest absolute Gasteiger partial charge is 0.416 e. The molecule has 1 N–H and O–H groups in total. The number of pyridine rings is 1. The predicted octanol–water partition coefficient (Wildman–Crippen LogP) is 4.08. The Morgan fingerprint density at radius 1 is 1.16 bits per heavy atom. The molecule has 3 aromatic rings.